The van der Waals surface area contributed by atoms with Crippen LogP contribution in [0.15, 0.2) is 35.4 Å². The highest BCUT2D eigenvalue weighted by Crippen LogP contribution is 2.55. The molecule has 1 aromatic carbocycles. The topological polar surface area (TPSA) is 99.6 Å². The van der Waals surface area contributed by atoms with E-state index in [0.717, 1.165) is 55.9 Å². The molecule has 2 heterocycles. The van der Waals surface area contributed by atoms with Gasteiger partial charge in [-0.05, 0) is 101 Å². The van der Waals surface area contributed by atoms with Gasteiger partial charge in [0.05, 0.1) is 11.1 Å². The lowest BCUT2D eigenvalue weighted by atomic mass is 9.52. The third-order valence-corrected chi connectivity index (χ3v) is 11.3. The predicted octanol–water partition coefficient (Wildman–Crippen LogP) is 3.53. The summed E-state index contributed by atoms with van der Waals surface area (Å²) < 4.78 is 29.5. The van der Waals surface area contributed by atoms with E-state index >= 15 is 0 Å². The van der Waals surface area contributed by atoms with Crippen molar-refractivity contribution in [2.45, 2.75) is 87.3 Å². The fourth-order valence-corrected chi connectivity index (χ4v) is 9.78. The van der Waals surface area contributed by atoms with Gasteiger partial charge in [-0.2, -0.15) is 4.31 Å². The molecule has 3 atom stereocenters. The van der Waals surface area contributed by atoms with E-state index in [0.29, 0.717) is 24.4 Å². The molecule has 3 unspecified atom stereocenters. The van der Waals surface area contributed by atoms with Crippen LogP contribution in [0.1, 0.15) is 63.9 Å². The number of benzene rings is 1. The maximum atomic E-state index is 14.1. The Hall–Kier alpha value is -2.03. The average Bonchev–Trinajstić information content (AvgIpc) is 2.79. The largest absolute Gasteiger partial charge is 0.390 e. The number of hydrogen-bond acceptors (Lipinski definition) is 5. The minimum Gasteiger partial charge on any atom is -0.390 e. The third kappa shape index (κ3) is 3.71. The molecule has 2 aromatic rings. The number of carbonyl (C=O) groups excluding carboxylic acids is 1. The van der Waals surface area contributed by atoms with Gasteiger partial charge >= 0.3 is 0 Å². The molecule has 188 valence electrons. The lowest BCUT2D eigenvalue weighted by Gasteiger charge is -2.58. The summed E-state index contributed by atoms with van der Waals surface area (Å²) >= 11 is 0. The van der Waals surface area contributed by atoms with Crippen molar-refractivity contribution in [3.8, 4) is 0 Å². The Labute approximate surface area is 207 Å². The summed E-state index contributed by atoms with van der Waals surface area (Å²) in [4.78, 5) is 18.5. The maximum absolute atomic E-state index is 14.1. The molecule has 35 heavy (non-hydrogen) atoms. The van der Waals surface area contributed by atoms with Gasteiger partial charge in [0.15, 0.2) is 0 Å². The van der Waals surface area contributed by atoms with Crippen LogP contribution >= 0.6 is 0 Å². The number of para-hydroxylation sites is 1. The predicted molar refractivity (Wildman–Crippen MR) is 133 cm³/mol. The van der Waals surface area contributed by atoms with Crippen molar-refractivity contribution in [3.05, 3.63) is 36.0 Å². The first-order valence-corrected chi connectivity index (χ1v) is 14.4. The first-order valence-electron chi connectivity index (χ1n) is 13.0. The Bertz CT molecular complexity index is 1280. The number of carbonyl (C=O) groups is 1. The summed E-state index contributed by atoms with van der Waals surface area (Å²) in [6.07, 6.45) is 8.17. The molecule has 1 aromatic heterocycles. The second-order valence-corrected chi connectivity index (χ2v) is 13.7. The molecule has 7 rings (SSSR count). The molecule has 8 heteroatoms. The van der Waals surface area contributed by atoms with E-state index in [1.54, 1.807) is 25.3 Å². The number of pyridine rings is 1. The Morgan fingerprint density at radius 1 is 1.17 bits per heavy atom. The summed E-state index contributed by atoms with van der Waals surface area (Å²) in [5, 5.41) is 15.0. The van der Waals surface area contributed by atoms with Gasteiger partial charge < -0.3 is 10.4 Å². The fourth-order valence-electron chi connectivity index (χ4n) is 7.80. The van der Waals surface area contributed by atoms with E-state index in [1.807, 2.05) is 19.1 Å². The van der Waals surface area contributed by atoms with Crippen LogP contribution in [-0.2, 0) is 14.8 Å². The zero-order chi connectivity index (χ0) is 24.6. The monoisotopic (exact) mass is 497 g/mol. The molecular formula is C27H35N3O4S. The number of aromatic nitrogens is 1. The lowest BCUT2D eigenvalue weighted by molar-refractivity contribution is -0.151. The highest BCUT2D eigenvalue weighted by molar-refractivity contribution is 7.89. The van der Waals surface area contributed by atoms with Gasteiger partial charge in [-0.3, -0.25) is 9.78 Å². The van der Waals surface area contributed by atoms with Crippen molar-refractivity contribution in [1.82, 2.24) is 14.6 Å². The van der Waals surface area contributed by atoms with Crippen molar-refractivity contribution in [3.63, 3.8) is 0 Å². The molecular weight excluding hydrogens is 462 g/mol. The number of amides is 1. The molecule has 1 amide bonds. The smallest absolute Gasteiger partial charge is 0.246 e. The van der Waals surface area contributed by atoms with Gasteiger partial charge in [0.2, 0.25) is 15.9 Å². The summed E-state index contributed by atoms with van der Waals surface area (Å²) in [6, 6.07) is 7.17. The van der Waals surface area contributed by atoms with Crippen LogP contribution in [0.5, 0.6) is 0 Å². The van der Waals surface area contributed by atoms with Gasteiger partial charge in [-0.15, -0.1) is 0 Å². The van der Waals surface area contributed by atoms with E-state index < -0.39 is 21.2 Å². The summed E-state index contributed by atoms with van der Waals surface area (Å²) in [5.74, 6) is 0.903. The lowest BCUT2D eigenvalue weighted by Crippen LogP contribution is -2.66. The standard InChI is InChI=1S/C27H35N3O4S/c1-17-10-19-6-5-7-22(24(19)28-16-17)35(33,34)30-9-4-3-8-26(30,2)25(31)29-23-20-11-18-12-21(23)15-27(32,13-18)14-20/h5-7,10,16,18,20-21,23,32H,3-4,8-9,11-15H2,1-2H3,(H,29,31). The molecule has 4 aliphatic carbocycles. The zero-order valence-electron chi connectivity index (χ0n) is 20.5. The molecule has 1 aliphatic heterocycles. The second kappa shape index (κ2) is 7.98. The summed E-state index contributed by atoms with van der Waals surface area (Å²) in [7, 11) is -3.96. The number of sulfonamides is 1. The average molecular weight is 498 g/mol. The van der Waals surface area contributed by atoms with Crippen LogP contribution in [-0.4, -0.2) is 52.4 Å². The number of aryl methyl sites for hydroxylation is 1. The number of aliphatic hydroxyl groups is 1. The van der Waals surface area contributed by atoms with E-state index in [9.17, 15) is 18.3 Å². The Kier molecular flexibility index (Phi) is 5.33. The van der Waals surface area contributed by atoms with E-state index in [4.69, 9.17) is 0 Å². The SMILES string of the molecule is Cc1cnc2c(S(=O)(=O)N3CCCCC3(C)C(=O)NC3C4CC5CC3CC(O)(C5)C4)cccc2c1. The van der Waals surface area contributed by atoms with Crippen LogP contribution in [0.25, 0.3) is 10.9 Å². The molecule has 2 N–H and O–H groups in total. The van der Waals surface area contributed by atoms with Crippen LogP contribution < -0.4 is 5.32 Å². The molecule has 5 fully saturated rings. The summed E-state index contributed by atoms with van der Waals surface area (Å²) in [6.45, 7) is 4.03. The van der Waals surface area contributed by atoms with E-state index in [2.05, 4.69) is 10.3 Å². The second-order valence-electron chi connectivity index (χ2n) is 11.8. The van der Waals surface area contributed by atoms with Crippen molar-refractivity contribution in [2.24, 2.45) is 17.8 Å². The van der Waals surface area contributed by atoms with Crippen LogP contribution in [0, 0.1) is 24.7 Å². The number of nitrogens with zero attached hydrogens (tertiary/aromatic N) is 2. The molecule has 4 bridgehead atoms. The normalized spacial score (nSPS) is 37.0. The minimum absolute atomic E-state index is 0.0184. The number of fused-ring (bicyclic) bond motifs is 1. The number of nitrogens with one attached hydrogen (secondary N) is 1. The zero-order valence-corrected chi connectivity index (χ0v) is 21.4. The summed E-state index contributed by atoms with van der Waals surface area (Å²) in [5.41, 5.74) is -0.313. The Morgan fingerprint density at radius 2 is 1.91 bits per heavy atom. The van der Waals surface area contributed by atoms with Gasteiger partial charge in [-0.1, -0.05) is 12.1 Å². The highest BCUT2D eigenvalue weighted by Gasteiger charge is 2.56. The molecule has 0 spiro atoms. The van der Waals surface area contributed by atoms with Crippen LogP contribution in [0.4, 0.5) is 0 Å². The molecule has 4 saturated carbocycles. The molecule has 1 saturated heterocycles. The molecule has 5 aliphatic rings. The number of rotatable bonds is 4. The van der Waals surface area contributed by atoms with Gasteiger partial charge in [0.1, 0.15) is 10.4 Å². The van der Waals surface area contributed by atoms with Crippen LogP contribution in [0.2, 0.25) is 0 Å². The number of hydrogen-bond donors (Lipinski definition) is 2. The van der Waals surface area contributed by atoms with Crippen molar-refractivity contribution in [1.29, 1.82) is 0 Å². The quantitative estimate of drug-likeness (QED) is 0.673. The highest BCUT2D eigenvalue weighted by atomic mass is 32.2. The van der Waals surface area contributed by atoms with Gasteiger partial charge in [-0.25, -0.2) is 8.42 Å². The first-order chi connectivity index (χ1) is 16.6. The molecule has 7 nitrogen and oxygen atoms in total. The maximum Gasteiger partial charge on any atom is 0.246 e. The molecule has 0 radical (unpaired) electrons. The Balaban J connectivity index is 1.32. The van der Waals surface area contributed by atoms with Gasteiger partial charge in [0.25, 0.3) is 0 Å². The van der Waals surface area contributed by atoms with Gasteiger partial charge in [0, 0.05) is 24.2 Å². The van der Waals surface area contributed by atoms with Crippen molar-refractivity contribution < 1.29 is 18.3 Å². The number of piperidine rings is 1. The minimum atomic E-state index is -3.96. The van der Waals surface area contributed by atoms with Crippen LogP contribution in [0.3, 0.4) is 0 Å². The first kappa shape index (κ1) is 23.4. The fraction of sp³-hybridized carbons (Fsp3) is 0.630. The van der Waals surface area contributed by atoms with E-state index in [-0.39, 0.29) is 28.7 Å². The van der Waals surface area contributed by atoms with Crippen molar-refractivity contribution >= 4 is 26.8 Å². The third-order valence-electron chi connectivity index (χ3n) is 9.23. The van der Waals surface area contributed by atoms with Crippen molar-refractivity contribution in [2.75, 3.05) is 6.54 Å². The Morgan fingerprint density at radius 3 is 2.63 bits per heavy atom. The van der Waals surface area contributed by atoms with E-state index in [1.165, 1.54) is 4.31 Å².